The third-order valence-corrected chi connectivity index (χ3v) is 10.5. The van der Waals surface area contributed by atoms with Gasteiger partial charge in [-0.25, -0.2) is 9.18 Å². The third-order valence-electron chi connectivity index (χ3n) is 8.96. The van der Waals surface area contributed by atoms with Gasteiger partial charge in [-0.3, -0.25) is 14.3 Å². The Balaban J connectivity index is 1.31. The molecule has 0 saturated carbocycles. The molecule has 7 rings (SSSR count). The van der Waals surface area contributed by atoms with Gasteiger partial charge >= 0.3 is 11.9 Å². The molecule has 0 radical (unpaired) electrons. The van der Waals surface area contributed by atoms with Gasteiger partial charge in [0.05, 0.1) is 23.1 Å². The minimum atomic E-state index is -4.60. The van der Waals surface area contributed by atoms with Gasteiger partial charge in [-0.05, 0) is 36.8 Å². The van der Waals surface area contributed by atoms with Crippen LogP contribution < -0.4 is 10.6 Å². The molecule has 4 aromatic rings. The fourth-order valence-corrected chi connectivity index (χ4v) is 8.47. The van der Waals surface area contributed by atoms with Crippen molar-refractivity contribution in [2.45, 2.75) is 43.2 Å². The molecule has 1 saturated heterocycles. The zero-order chi connectivity index (χ0) is 33.2. The van der Waals surface area contributed by atoms with Crippen molar-refractivity contribution >= 4 is 46.0 Å². The first-order chi connectivity index (χ1) is 22.4. The fourth-order valence-electron chi connectivity index (χ4n) is 6.77. The second-order valence-corrected chi connectivity index (χ2v) is 13.3. The number of thioether (sulfide) groups is 1. The van der Waals surface area contributed by atoms with Crippen LogP contribution in [0, 0.1) is 5.82 Å². The van der Waals surface area contributed by atoms with Crippen molar-refractivity contribution in [1.29, 1.82) is 0 Å². The summed E-state index contributed by atoms with van der Waals surface area (Å²) < 4.78 is 56.9. The highest BCUT2D eigenvalue weighted by molar-refractivity contribution is 7.99. The number of hydrogen-bond acceptors (Lipinski definition) is 8. The highest BCUT2D eigenvalue weighted by Gasteiger charge is 2.40. The zero-order valence-electron chi connectivity index (χ0n) is 25.2. The Labute approximate surface area is 275 Å². The molecule has 0 bridgehead atoms. The second-order valence-electron chi connectivity index (χ2n) is 11.9. The van der Waals surface area contributed by atoms with E-state index in [4.69, 9.17) is 11.6 Å². The molecule has 5 heterocycles. The Hall–Kier alpha value is -3.95. The van der Waals surface area contributed by atoms with Crippen molar-refractivity contribution in [1.82, 2.24) is 34.1 Å². The van der Waals surface area contributed by atoms with Gasteiger partial charge in [0.25, 0.3) is 0 Å². The number of alkyl halides is 3. The van der Waals surface area contributed by atoms with E-state index in [1.54, 1.807) is 27.7 Å². The van der Waals surface area contributed by atoms with Crippen molar-refractivity contribution in [3.63, 3.8) is 0 Å². The van der Waals surface area contributed by atoms with E-state index < -0.39 is 23.5 Å². The van der Waals surface area contributed by atoms with E-state index in [0.717, 1.165) is 9.46 Å². The first kappa shape index (κ1) is 31.6. The van der Waals surface area contributed by atoms with Crippen molar-refractivity contribution in [3.8, 4) is 11.1 Å². The Bertz CT molecular complexity index is 1960. The molecule has 47 heavy (non-hydrogen) atoms. The smallest absolute Gasteiger partial charge is 0.350 e. The van der Waals surface area contributed by atoms with Crippen molar-refractivity contribution < 1.29 is 22.4 Å². The van der Waals surface area contributed by atoms with E-state index in [1.807, 2.05) is 16.7 Å². The number of halogens is 5. The van der Waals surface area contributed by atoms with Crippen LogP contribution in [0.3, 0.4) is 0 Å². The number of amides is 1. The molecule has 2 atom stereocenters. The number of carbonyl (C=O) groups is 1. The van der Waals surface area contributed by atoms with Gasteiger partial charge in [0.1, 0.15) is 17.5 Å². The van der Waals surface area contributed by atoms with Gasteiger partial charge < -0.3 is 14.4 Å². The maximum absolute atomic E-state index is 14.1. The Morgan fingerprint density at radius 3 is 2.62 bits per heavy atom. The molecular weight excluding hydrogens is 660 g/mol. The molecule has 0 N–H and O–H groups in total. The van der Waals surface area contributed by atoms with Crippen LogP contribution in [0.1, 0.15) is 24.6 Å². The minimum absolute atomic E-state index is 0.0671. The Morgan fingerprint density at radius 1 is 1.15 bits per heavy atom. The SMILES string of the molecule is C=CC(=O)N1CCN(c2nc(=O)n3c4c(c(-c5ccc(F)cc5)c(Cl)cc24)SC[C@@H]3CN2CCn3c(nnc3C(F)(F)F)C2)[C@@H](C)C1. The van der Waals surface area contributed by atoms with E-state index in [-0.39, 0.29) is 36.9 Å². The molecule has 10 nitrogen and oxygen atoms in total. The van der Waals surface area contributed by atoms with Gasteiger partial charge in [-0.15, -0.1) is 22.0 Å². The largest absolute Gasteiger partial charge is 0.451 e. The fraction of sp³-hybridized carbons (Fsp3) is 0.387. The quantitative estimate of drug-likeness (QED) is 0.217. The Morgan fingerprint density at radius 2 is 1.91 bits per heavy atom. The summed E-state index contributed by atoms with van der Waals surface area (Å²) in [5.41, 5.74) is 1.54. The van der Waals surface area contributed by atoms with Crippen LogP contribution in [0.4, 0.5) is 23.4 Å². The van der Waals surface area contributed by atoms with Gasteiger partial charge in [0.15, 0.2) is 0 Å². The highest BCUT2D eigenvalue weighted by Crippen LogP contribution is 2.48. The first-order valence-corrected chi connectivity index (χ1v) is 16.4. The van der Waals surface area contributed by atoms with E-state index in [9.17, 15) is 27.2 Å². The van der Waals surface area contributed by atoms with E-state index in [1.165, 1.54) is 30.0 Å². The highest BCUT2D eigenvalue weighted by atomic mass is 35.5. The number of benzene rings is 2. The minimum Gasteiger partial charge on any atom is -0.350 e. The third kappa shape index (κ3) is 5.57. The number of piperazine rings is 1. The van der Waals surface area contributed by atoms with Crippen LogP contribution in [0.2, 0.25) is 5.02 Å². The molecule has 0 unspecified atom stereocenters. The van der Waals surface area contributed by atoms with Crippen LogP contribution >= 0.6 is 23.4 Å². The van der Waals surface area contributed by atoms with Gasteiger partial charge in [0, 0.05) is 66.9 Å². The van der Waals surface area contributed by atoms with E-state index in [0.29, 0.717) is 71.3 Å². The molecule has 1 amide bonds. The normalized spacial score (nSPS) is 20.0. The summed E-state index contributed by atoms with van der Waals surface area (Å²) >= 11 is 8.50. The maximum Gasteiger partial charge on any atom is 0.451 e. The second kappa shape index (κ2) is 11.9. The summed E-state index contributed by atoms with van der Waals surface area (Å²) in [5.74, 6) is -0.433. The molecule has 0 spiro atoms. The summed E-state index contributed by atoms with van der Waals surface area (Å²) in [6.45, 7) is 7.71. The summed E-state index contributed by atoms with van der Waals surface area (Å²) in [5, 5.41) is 8.26. The van der Waals surface area contributed by atoms with Crippen LogP contribution in [0.5, 0.6) is 0 Å². The number of aromatic nitrogens is 5. The number of anilines is 1. The first-order valence-electron chi connectivity index (χ1n) is 15.0. The lowest BCUT2D eigenvalue weighted by atomic mass is 10.0. The number of hydrogen-bond donors (Lipinski definition) is 0. The number of rotatable bonds is 5. The van der Waals surface area contributed by atoms with Crippen molar-refractivity contribution in [2.75, 3.05) is 43.4 Å². The van der Waals surface area contributed by atoms with Crippen LogP contribution in [0.15, 0.2) is 52.7 Å². The van der Waals surface area contributed by atoms with Crippen LogP contribution in [-0.4, -0.2) is 84.5 Å². The average Bonchev–Trinajstić information content (AvgIpc) is 3.47. The molecule has 3 aliphatic heterocycles. The summed E-state index contributed by atoms with van der Waals surface area (Å²) in [4.78, 5) is 37.4. The summed E-state index contributed by atoms with van der Waals surface area (Å²) in [6, 6.07) is 7.25. The molecule has 3 aliphatic rings. The standard InChI is InChI=1S/C31H29ClF4N8O2S/c1-3-24(45)41-9-11-42(17(2)13-41)28-21-12-22(32)25(18-4-6-19(33)7-5-18)27-26(21)44(30(46)37-28)20(16-47-27)14-40-8-10-43-23(15-40)38-39-29(43)31(34,35)36/h3-7,12,17,20H,1,8-11,13-16H2,2H3/t17-,20-/m0/s1. The molecule has 0 aliphatic carbocycles. The van der Waals surface area contributed by atoms with Crippen LogP contribution in [0.25, 0.3) is 22.0 Å². The zero-order valence-corrected chi connectivity index (χ0v) is 26.7. The van der Waals surface area contributed by atoms with Crippen LogP contribution in [-0.2, 0) is 24.1 Å². The lowest BCUT2D eigenvalue weighted by Gasteiger charge is -2.41. The topological polar surface area (TPSA) is 92.4 Å². The molecule has 246 valence electrons. The lowest BCUT2D eigenvalue weighted by molar-refractivity contribution is -0.148. The molecule has 2 aromatic carbocycles. The monoisotopic (exact) mass is 688 g/mol. The molecule has 1 fully saturated rings. The van der Waals surface area contributed by atoms with Gasteiger partial charge in [0.2, 0.25) is 11.7 Å². The number of fused-ring (bicyclic) bond motifs is 1. The number of carbonyl (C=O) groups excluding carboxylic acids is 1. The molecule has 2 aromatic heterocycles. The van der Waals surface area contributed by atoms with Crippen molar-refractivity contribution in [2.24, 2.45) is 0 Å². The van der Waals surface area contributed by atoms with Crippen molar-refractivity contribution in [3.05, 3.63) is 76.0 Å². The van der Waals surface area contributed by atoms with E-state index >= 15 is 0 Å². The summed E-state index contributed by atoms with van der Waals surface area (Å²) in [7, 11) is 0. The Kier molecular flexibility index (Phi) is 8.03. The van der Waals surface area contributed by atoms with Gasteiger partial charge in [-0.1, -0.05) is 30.3 Å². The summed E-state index contributed by atoms with van der Waals surface area (Å²) in [6.07, 6.45) is -3.32. The molecular formula is C31H29ClF4N8O2S. The lowest BCUT2D eigenvalue weighted by Crippen LogP contribution is -2.54. The average molecular weight is 689 g/mol. The predicted octanol–water partition coefficient (Wildman–Crippen LogP) is 4.85. The molecule has 16 heteroatoms. The maximum atomic E-state index is 14.1. The number of nitrogens with zero attached hydrogens (tertiary/aromatic N) is 8. The van der Waals surface area contributed by atoms with Gasteiger partial charge in [-0.2, -0.15) is 18.2 Å². The van der Waals surface area contributed by atoms with E-state index in [2.05, 4.69) is 21.8 Å². The predicted molar refractivity (Wildman–Crippen MR) is 170 cm³/mol.